The predicted molar refractivity (Wildman–Crippen MR) is 116 cm³/mol. The van der Waals surface area contributed by atoms with Crippen molar-refractivity contribution < 1.29 is 13.2 Å². The second-order valence-electron chi connectivity index (χ2n) is 8.36. The van der Waals surface area contributed by atoms with Gasteiger partial charge in [0.25, 0.3) is 0 Å². The first-order valence-corrected chi connectivity index (χ1v) is 12.4. The van der Waals surface area contributed by atoms with E-state index in [9.17, 15) is 18.5 Å². The summed E-state index contributed by atoms with van der Waals surface area (Å²) in [6, 6.07) is 9.01. The van der Waals surface area contributed by atoms with Gasteiger partial charge in [-0.25, -0.2) is 8.42 Å². The third-order valence-electron chi connectivity index (χ3n) is 6.39. The molecule has 2 aliphatic rings. The van der Waals surface area contributed by atoms with Crippen molar-refractivity contribution in [3.63, 3.8) is 0 Å². The summed E-state index contributed by atoms with van der Waals surface area (Å²) in [4.78, 5) is 14.5. The Morgan fingerprint density at radius 2 is 1.77 bits per heavy atom. The minimum absolute atomic E-state index is 0.0210. The number of likely N-dealkylation sites (N-methyl/N-ethyl adjacent to an activating group) is 1. The van der Waals surface area contributed by atoms with Gasteiger partial charge in [-0.2, -0.15) is 9.57 Å². The maximum absolute atomic E-state index is 13.0. The molecule has 1 amide bonds. The number of benzene rings is 1. The van der Waals surface area contributed by atoms with E-state index in [-0.39, 0.29) is 17.3 Å². The Labute approximate surface area is 180 Å². The van der Waals surface area contributed by atoms with Crippen molar-refractivity contribution in [1.29, 1.82) is 5.26 Å². The van der Waals surface area contributed by atoms with E-state index in [1.165, 1.54) is 0 Å². The van der Waals surface area contributed by atoms with E-state index < -0.39 is 15.6 Å². The smallest absolute Gasteiger partial charge is 0.243 e. The van der Waals surface area contributed by atoms with Crippen LogP contribution in [0.15, 0.2) is 29.2 Å². The summed E-state index contributed by atoms with van der Waals surface area (Å²) in [5.74, 6) is -0.167. The maximum Gasteiger partial charge on any atom is 0.243 e. The number of nitriles is 1. The average molecular weight is 433 g/mol. The normalized spacial score (nSPS) is 20.0. The molecule has 1 saturated heterocycles. The monoisotopic (exact) mass is 432 g/mol. The summed E-state index contributed by atoms with van der Waals surface area (Å²) < 4.78 is 27.6. The molecular weight excluding hydrogens is 400 g/mol. The summed E-state index contributed by atoms with van der Waals surface area (Å²) in [6.45, 7) is 1.13. The second-order valence-corrected chi connectivity index (χ2v) is 10.3. The molecule has 0 spiro atoms. The Balaban J connectivity index is 1.66. The molecule has 164 valence electrons. The number of anilines is 1. The fraction of sp³-hybridized carbons (Fsp3) is 0.636. The Morgan fingerprint density at radius 1 is 1.13 bits per heavy atom. The summed E-state index contributed by atoms with van der Waals surface area (Å²) in [6.07, 6.45) is 8.31. The molecule has 1 aromatic rings. The van der Waals surface area contributed by atoms with Gasteiger partial charge in [0.05, 0.1) is 17.5 Å². The summed E-state index contributed by atoms with van der Waals surface area (Å²) in [5.41, 5.74) is -0.142. The molecule has 0 aromatic heterocycles. The molecule has 8 heteroatoms. The van der Waals surface area contributed by atoms with Gasteiger partial charge in [-0.05, 0) is 43.9 Å². The molecule has 7 nitrogen and oxygen atoms in total. The molecule has 0 bridgehead atoms. The number of sulfonamides is 1. The van der Waals surface area contributed by atoms with Gasteiger partial charge < -0.3 is 10.2 Å². The standard InChI is InChI=1S/C22H32N4O3S/c1-25(22(18-23)12-5-4-6-13-22)21(27)17-24-19-10-9-11-20(16-19)30(28,29)26-14-7-2-3-8-15-26/h9-11,16,24H,2-8,12-15,17H2,1H3. The number of hydrogen-bond donors (Lipinski definition) is 1. The van der Waals surface area contributed by atoms with Crippen molar-refractivity contribution >= 4 is 21.6 Å². The van der Waals surface area contributed by atoms with Crippen LogP contribution in [0.2, 0.25) is 0 Å². The van der Waals surface area contributed by atoms with Crippen LogP contribution in [0.3, 0.4) is 0 Å². The molecule has 3 rings (SSSR count). The summed E-state index contributed by atoms with van der Waals surface area (Å²) in [7, 11) is -1.85. The van der Waals surface area contributed by atoms with Crippen molar-refractivity contribution in [1.82, 2.24) is 9.21 Å². The van der Waals surface area contributed by atoms with Gasteiger partial charge in [0.1, 0.15) is 5.54 Å². The molecule has 1 heterocycles. The lowest BCUT2D eigenvalue weighted by molar-refractivity contribution is -0.132. The second kappa shape index (κ2) is 9.80. The van der Waals surface area contributed by atoms with Gasteiger partial charge in [-0.15, -0.1) is 0 Å². The van der Waals surface area contributed by atoms with Gasteiger partial charge in [0.2, 0.25) is 15.9 Å². The zero-order valence-corrected chi connectivity index (χ0v) is 18.6. The fourth-order valence-corrected chi connectivity index (χ4v) is 5.95. The van der Waals surface area contributed by atoms with Gasteiger partial charge in [0.15, 0.2) is 0 Å². The topological polar surface area (TPSA) is 93.5 Å². The number of rotatable bonds is 6. The van der Waals surface area contributed by atoms with Crippen molar-refractivity contribution in [2.24, 2.45) is 0 Å². The molecule has 1 aliphatic carbocycles. The highest BCUT2D eigenvalue weighted by molar-refractivity contribution is 7.89. The zero-order chi connectivity index (χ0) is 21.6. The molecule has 1 aromatic carbocycles. The number of carbonyl (C=O) groups is 1. The average Bonchev–Trinajstić information content (AvgIpc) is 3.08. The van der Waals surface area contributed by atoms with Crippen molar-refractivity contribution in [3.8, 4) is 6.07 Å². The minimum atomic E-state index is -3.54. The Hall–Kier alpha value is -2.11. The largest absolute Gasteiger partial charge is 0.376 e. The fourth-order valence-electron chi connectivity index (χ4n) is 4.39. The van der Waals surface area contributed by atoms with E-state index in [2.05, 4.69) is 11.4 Å². The number of carbonyl (C=O) groups excluding carboxylic acids is 1. The third-order valence-corrected chi connectivity index (χ3v) is 8.28. The number of nitrogens with zero attached hydrogens (tertiary/aromatic N) is 3. The first kappa shape index (κ1) is 22.6. The zero-order valence-electron chi connectivity index (χ0n) is 17.8. The van der Waals surface area contributed by atoms with E-state index in [1.54, 1.807) is 40.5 Å². The lowest BCUT2D eigenvalue weighted by Gasteiger charge is -2.39. The lowest BCUT2D eigenvalue weighted by Crippen LogP contribution is -2.51. The number of amides is 1. The van der Waals surface area contributed by atoms with E-state index >= 15 is 0 Å². The molecule has 0 radical (unpaired) electrons. The van der Waals surface area contributed by atoms with Crippen molar-refractivity contribution in [2.45, 2.75) is 68.2 Å². The Bertz CT molecular complexity index is 880. The molecule has 0 unspecified atom stereocenters. The van der Waals surface area contributed by atoms with Gasteiger partial charge in [0, 0.05) is 25.8 Å². The van der Waals surface area contributed by atoms with E-state index in [1.807, 2.05) is 0 Å². The molecule has 1 N–H and O–H groups in total. The highest BCUT2D eigenvalue weighted by atomic mass is 32.2. The highest BCUT2D eigenvalue weighted by Gasteiger charge is 2.38. The molecule has 2 fully saturated rings. The highest BCUT2D eigenvalue weighted by Crippen LogP contribution is 2.32. The molecule has 30 heavy (non-hydrogen) atoms. The third kappa shape index (κ3) is 4.96. The molecule has 1 saturated carbocycles. The molecular formula is C22H32N4O3S. The van der Waals surface area contributed by atoms with Crippen LogP contribution in [0, 0.1) is 11.3 Å². The van der Waals surface area contributed by atoms with Crippen molar-refractivity contribution in [3.05, 3.63) is 24.3 Å². The molecule has 0 atom stereocenters. The Morgan fingerprint density at radius 3 is 2.40 bits per heavy atom. The van der Waals surface area contributed by atoms with Crippen LogP contribution >= 0.6 is 0 Å². The number of hydrogen-bond acceptors (Lipinski definition) is 5. The maximum atomic E-state index is 13.0. The lowest BCUT2D eigenvalue weighted by atomic mass is 9.81. The van der Waals surface area contributed by atoms with E-state index in [0.717, 1.165) is 44.9 Å². The molecule has 1 aliphatic heterocycles. The first-order chi connectivity index (χ1) is 14.4. The van der Waals surface area contributed by atoms with Crippen LogP contribution in [0.5, 0.6) is 0 Å². The van der Waals surface area contributed by atoms with Crippen LogP contribution < -0.4 is 5.32 Å². The summed E-state index contributed by atoms with van der Waals surface area (Å²) in [5, 5.41) is 12.7. The minimum Gasteiger partial charge on any atom is -0.376 e. The van der Waals surface area contributed by atoms with E-state index in [0.29, 0.717) is 31.6 Å². The van der Waals surface area contributed by atoms with Gasteiger partial charge in [-0.1, -0.05) is 38.2 Å². The van der Waals surface area contributed by atoms with Crippen LogP contribution in [-0.4, -0.2) is 55.8 Å². The predicted octanol–water partition coefficient (Wildman–Crippen LogP) is 3.35. The number of nitrogens with one attached hydrogen (secondary N) is 1. The Kier molecular flexibility index (Phi) is 7.37. The quantitative estimate of drug-likeness (QED) is 0.744. The SMILES string of the molecule is CN(C(=O)CNc1cccc(S(=O)(=O)N2CCCCCC2)c1)C1(C#N)CCCCC1. The van der Waals surface area contributed by atoms with Gasteiger partial charge in [-0.3, -0.25) is 4.79 Å². The van der Waals surface area contributed by atoms with E-state index in [4.69, 9.17) is 0 Å². The van der Waals surface area contributed by atoms with Crippen LogP contribution in [0.1, 0.15) is 57.8 Å². The van der Waals surface area contributed by atoms with Crippen LogP contribution in [0.4, 0.5) is 5.69 Å². The van der Waals surface area contributed by atoms with Crippen molar-refractivity contribution in [2.75, 3.05) is 32.0 Å². The van der Waals surface area contributed by atoms with Gasteiger partial charge >= 0.3 is 0 Å². The van der Waals surface area contributed by atoms with Crippen LogP contribution in [0.25, 0.3) is 0 Å². The summed E-state index contributed by atoms with van der Waals surface area (Å²) >= 11 is 0. The van der Waals surface area contributed by atoms with Crippen LogP contribution in [-0.2, 0) is 14.8 Å². The first-order valence-electron chi connectivity index (χ1n) is 10.9.